The van der Waals surface area contributed by atoms with E-state index in [1.165, 1.54) is 0 Å². The van der Waals surface area contributed by atoms with Crippen LogP contribution in [0, 0.1) is 0 Å². The standard InChI is InChI=1S/C15H20N2O/c1-3-15(18,11-13-7-5-4-6-8-13)12-14-16-9-10-17(14)2/h4-10,18H,3,11-12H2,1-2H3. The minimum atomic E-state index is -0.722. The number of hydrogen-bond acceptors (Lipinski definition) is 2. The van der Waals surface area contributed by atoms with Gasteiger partial charge in [-0.25, -0.2) is 4.98 Å². The minimum absolute atomic E-state index is 0.585. The van der Waals surface area contributed by atoms with Gasteiger partial charge in [-0.2, -0.15) is 0 Å². The van der Waals surface area contributed by atoms with Crippen LogP contribution in [0.2, 0.25) is 0 Å². The summed E-state index contributed by atoms with van der Waals surface area (Å²) in [7, 11) is 1.96. The van der Waals surface area contributed by atoms with Crippen LogP contribution in [-0.2, 0) is 19.9 Å². The fourth-order valence-corrected chi connectivity index (χ4v) is 2.15. The lowest BCUT2D eigenvalue weighted by atomic mass is 9.88. The Morgan fingerprint density at radius 3 is 2.50 bits per heavy atom. The average molecular weight is 244 g/mol. The number of nitrogens with zero attached hydrogens (tertiary/aromatic N) is 2. The normalized spacial score (nSPS) is 14.4. The van der Waals surface area contributed by atoms with Gasteiger partial charge >= 0.3 is 0 Å². The largest absolute Gasteiger partial charge is 0.389 e. The first-order valence-electron chi connectivity index (χ1n) is 6.35. The first kappa shape index (κ1) is 12.8. The van der Waals surface area contributed by atoms with Gasteiger partial charge in [-0.15, -0.1) is 0 Å². The molecule has 0 amide bonds. The smallest absolute Gasteiger partial charge is 0.111 e. The molecule has 3 heteroatoms. The molecule has 1 atom stereocenters. The molecule has 0 saturated carbocycles. The van der Waals surface area contributed by atoms with E-state index in [1.54, 1.807) is 6.20 Å². The molecule has 0 fully saturated rings. The maximum absolute atomic E-state index is 10.7. The molecule has 0 aliphatic carbocycles. The summed E-state index contributed by atoms with van der Waals surface area (Å²) >= 11 is 0. The summed E-state index contributed by atoms with van der Waals surface area (Å²) in [5.74, 6) is 0.926. The minimum Gasteiger partial charge on any atom is -0.389 e. The summed E-state index contributed by atoms with van der Waals surface area (Å²) in [5, 5.41) is 10.7. The number of aryl methyl sites for hydroxylation is 1. The third-order valence-corrected chi connectivity index (χ3v) is 3.44. The van der Waals surface area contributed by atoms with Crippen molar-refractivity contribution in [3.05, 3.63) is 54.1 Å². The van der Waals surface area contributed by atoms with Crippen molar-refractivity contribution in [3.63, 3.8) is 0 Å². The third-order valence-electron chi connectivity index (χ3n) is 3.44. The van der Waals surface area contributed by atoms with Crippen molar-refractivity contribution in [2.75, 3.05) is 0 Å². The van der Waals surface area contributed by atoms with Crippen molar-refractivity contribution in [2.45, 2.75) is 31.8 Å². The Kier molecular flexibility index (Phi) is 3.82. The Balaban J connectivity index is 2.13. The van der Waals surface area contributed by atoms with E-state index >= 15 is 0 Å². The third kappa shape index (κ3) is 2.99. The topological polar surface area (TPSA) is 38.1 Å². The van der Waals surface area contributed by atoms with E-state index in [-0.39, 0.29) is 0 Å². The van der Waals surface area contributed by atoms with Gasteiger partial charge in [0.25, 0.3) is 0 Å². The lowest BCUT2D eigenvalue weighted by molar-refractivity contribution is 0.0343. The van der Waals surface area contributed by atoms with Gasteiger partial charge in [-0.3, -0.25) is 0 Å². The molecular weight excluding hydrogens is 224 g/mol. The van der Waals surface area contributed by atoms with Crippen molar-refractivity contribution in [3.8, 4) is 0 Å². The van der Waals surface area contributed by atoms with Crippen LogP contribution in [0.5, 0.6) is 0 Å². The summed E-state index contributed by atoms with van der Waals surface area (Å²) in [5.41, 5.74) is 0.441. The highest BCUT2D eigenvalue weighted by molar-refractivity contribution is 5.17. The molecule has 0 bridgehead atoms. The molecule has 0 aliphatic heterocycles. The summed E-state index contributed by atoms with van der Waals surface area (Å²) < 4.78 is 1.96. The second-order valence-corrected chi connectivity index (χ2v) is 4.87. The van der Waals surface area contributed by atoms with Gasteiger partial charge in [0, 0.05) is 32.3 Å². The Labute approximate surface area is 108 Å². The molecule has 1 aromatic heterocycles. The monoisotopic (exact) mass is 244 g/mol. The highest BCUT2D eigenvalue weighted by Gasteiger charge is 2.27. The number of imidazole rings is 1. The number of aliphatic hydroxyl groups is 1. The van der Waals surface area contributed by atoms with Gasteiger partial charge in [-0.05, 0) is 12.0 Å². The average Bonchev–Trinajstić information content (AvgIpc) is 2.76. The van der Waals surface area contributed by atoms with Crippen LogP contribution in [-0.4, -0.2) is 20.3 Å². The summed E-state index contributed by atoms with van der Waals surface area (Å²) in [6.45, 7) is 2.02. The molecule has 2 aromatic rings. The number of rotatable bonds is 5. The molecule has 0 spiro atoms. The van der Waals surface area contributed by atoms with E-state index in [0.717, 1.165) is 17.8 Å². The number of hydrogen-bond donors (Lipinski definition) is 1. The highest BCUT2D eigenvalue weighted by atomic mass is 16.3. The van der Waals surface area contributed by atoms with Gasteiger partial charge in [0.15, 0.2) is 0 Å². The summed E-state index contributed by atoms with van der Waals surface area (Å²) in [6, 6.07) is 10.1. The molecule has 1 heterocycles. The lowest BCUT2D eigenvalue weighted by Crippen LogP contribution is -2.34. The lowest BCUT2D eigenvalue weighted by Gasteiger charge is -2.26. The maximum Gasteiger partial charge on any atom is 0.111 e. The van der Waals surface area contributed by atoms with Gasteiger partial charge in [-0.1, -0.05) is 37.3 Å². The fourth-order valence-electron chi connectivity index (χ4n) is 2.15. The Morgan fingerprint density at radius 1 is 1.22 bits per heavy atom. The first-order valence-corrected chi connectivity index (χ1v) is 6.35. The van der Waals surface area contributed by atoms with E-state index in [4.69, 9.17) is 0 Å². The molecule has 1 N–H and O–H groups in total. The van der Waals surface area contributed by atoms with Crippen LogP contribution in [0.1, 0.15) is 24.7 Å². The molecular formula is C15H20N2O. The summed E-state index contributed by atoms with van der Waals surface area (Å²) in [6.07, 6.45) is 5.65. The van der Waals surface area contributed by atoms with Crippen LogP contribution in [0.25, 0.3) is 0 Å². The predicted octanol–water partition coefficient (Wildman–Crippen LogP) is 2.35. The van der Waals surface area contributed by atoms with Crippen molar-refractivity contribution >= 4 is 0 Å². The van der Waals surface area contributed by atoms with E-state index in [0.29, 0.717) is 12.8 Å². The van der Waals surface area contributed by atoms with Gasteiger partial charge in [0.05, 0.1) is 5.60 Å². The quantitative estimate of drug-likeness (QED) is 0.876. The van der Waals surface area contributed by atoms with Crippen LogP contribution in [0.4, 0.5) is 0 Å². The Morgan fingerprint density at radius 2 is 1.94 bits per heavy atom. The zero-order valence-electron chi connectivity index (χ0n) is 11.0. The molecule has 2 rings (SSSR count). The van der Waals surface area contributed by atoms with Crippen molar-refractivity contribution < 1.29 is 5.11 Å². The van der Waals surface area contributed by atoms with Crippen LogP contribution in [0.15, 0.2) is 42.7 Å². The molecule has 3 nitrogen and oxygen atoms in total. The second kappa shape index (κ2) is 5.36. The zero-order valence-corrected chi connectivity index (χ0v) is 11.0. The van der Waals surface area contributed by atoms with Crippen LogP contribution >= 0.6 is 0 Å². The van der Waals surface area contributed by atoms with Gasteiger partial charge < -0.3 is 9.67 Å². The van der Waals surface area contributed by atoms with Crippen LogP contribution in [0.3, 0.4) is 0 Å². The molecule has 1 unspecified atom stereocenters. The highest BCUT2D eigenvalue weighted by Crippen LogP contribution is 2.21. The number of aromatic nitrogens is 2. The second-order valence-electron chi connectivity index (χ2n) is 4.87. The maximum atomic E-state index is 10.7. The predicted molar refractivity (Wildman–Crippen MR) is 72.3 cm³/mol. The van der Waals surface area contributed by atoms with E-state index < -0.39 is 5.60 Å². The first-order chi connectivity index (χ1) is 8.63. The molecule has 1 aromatic carbocycles. The van der Waals surface area contributed by atoms with Crippen molar-refractivity contribution in [1.82, 2.24) is 9.55 Å². The SMILES string of the molecule is CCC(O)(Cc1ccccc1)Cc1nccn1C. The Bertz CT molecular complexity index is 492. The molecule has 18 heavy (non-hydrogen) atoms. The molecule has 96 valence electrons. The molecule has 0 aliphatic rings. The van der Waals surface area contributed by atoms with E-state index in [9.17, 15) is 5.11 Å². The molecule has 0 radical (unpaired) electrons. The molecule has 0 saturated heterocycles. The zero-order chi connectivity index (χ0) is 13.0. The summed E-state index contributed by atoms with van der Waals surface area (Å²) in [4.78, 5) is 4.29. The van der Waals surface area contributed by atoms with E-state index in [2.05, 4.69) is 17.1 Å². The van der Waals surface area contributed by atoms with Crippen molar-refractivity contribution in [1.29, 1.82) is 0 Å². The fraction of sp³-hybridized carbons (Fsp3) is 0.400. The van der Waals surface area contributed by atoms with Gasteiger partial charge in [0.2, 0.25) is 0 Å². The van der Waals surface area contributed by atoms with Crippen molar-refractivity contribution in [2.24, 2.45) is 7.05 Å². The Hall–Kier alpha value is -1.61. The van der Waals surface area contributed by atoms with E-state index in [1.807, 2.05) is 42.9 Å². The number of benzene rings is 1. The van der Waals surface area contributed by atoms with Crippen LogP contribution < -0.4 is 0 Å². The van der Waals surface area contributed by atoms with Gasteiger partial charge in [0.1, 0.15) is 5.82 Å².